The number of aryl methyl sites for hydroxylation is 1. The number of hydrogen-bond acceptors (Lipinski definition) is 7. The number of benzene rings is 3. The topological polar surface area (TPSA) is 88.7 Å². The quantitative estimate of drug-likeness (QED) is 0.236. The Balaban J connectivity index is 1.15. The van der Waals surface area contributed by atoms with Gasteiger partial charge >= 0.3 is 4.87 Å². The molecule has 2 saturated carbocycles. The first kappa shape index (κ1) is 28.0. The number of thioether (sulfide) groups is 1. The number of fused-ring (bicyclic) bond motifs is 9. The summed E-state index contributed by atoms with van der Waals surface area (Å²) >= 11 is 9.02. The molecule has 1 N–H and O–H groups in total. The number of nitrogens with zero attached hydrogens (tertiary/aromatic N) is 1. The number of hydrogen-bond donors (Lipinski definition) is 1. The number of methoxy groups -OCH3 is 1. The predicted molar refractivity (Wildman–Crippen MR) is 171 cm³/mol. The number of ether oxygens (including phenoxy) is 2. The van der Waals surface area contributed by atoms with Crippen molar-refractivity contribution >= 4 is 52.2 Å². The Morgan fingerprint density at radius 3 is 2.48 bits per heavy atom. The van der Waals surface area contributed by atoms with Crippen molar-refractivity contribution in [3.63, 3.8) is 0 Å². The van der Waals surface area contributed by atoms with Gasteiger partial charge in [0.05, 0.1) is 29.7 Å². The van der Waals surface area contributed by atoms with Crippen LogP contribution in [0.3, 0.4) is 0 Å². The molecule has 2 aliphatic heterocycles. The lowest BCUT2D eigenvalue weighted by molar-refractivity contribution is -0.123. The van der Waals surface area contributed by atoms with Crippen molar-refractivity contribution in [2.24, 2.45) is 29.6 Å². The first-order valence-electron chi connectivity index (χ1n) is 14.7. The molecule has 224 valence electrons. The fourth-order valence-corrected chi connectivity index (χ4v) is 11.2. The zero-order valence-electron chi connectivity index (χ0n) is 24.0. The molecule has 2 amide bonds. The Hall–Kier alpha value is -3.53. The van der Waals surface area contributed by atoms with Gasteiger partial charge in [-0.15, -0.1) is 11.8 Å². The summed E-state index contributed by atoms with van der Waals surface area (Å²) in [5, 5.41) is 1.54. The van der Waals surface area contributed by atoms with E-state index in [9.17, 15) is 14.4 Å². The second kappa shape index (κ2) is 10.5. The van der Waals surface area contributed by atoms with E-state index < -0.39 is 0 Å². The van der Waals surface area contributed by atoms with Crippen LogP contribution >= 0.6 is 34.7 Å². The summed E-state index contributed by atoms with van der Waals surface area (Å²) in [6.45, 7) is 2.47. The van der Waals surface area contributed by atoms with E-state index in [4.69, 9.17) is 21.1 Å². The third-order valence-corrected chi connectivity index (χ3v) is 12.7. The molecular formula is C34H29ClN2O5S2. The van der Waals surface area contributed by atoms with Crippen molar-refractivity contribution in [3.05, 3.63) is 103 Å². The maximum absolute atomic E-state index is 14.0. The maximum atomic E-state index is 14.0. The Kier molecular flexibility index (Phi) is 6.70. The summed E-state index contributed by atoms with van der Waals surface area (Å²) in [4.78, 5) is 45.8. The van der Waals surface area contributed by atoms with E-state index in [2.05, 4.69) is 30.1 Å². The van der Waals surface area contributed by atoms with Crippen LogP contribution in [0.15, 0.2) is 76.6 Å². The molecule has 1 aromatic heterocycles. The summed E-state index contributed by atoms with van der Waals surface area (Å²) in [6.07, 6.45) is 0.827. The minimum Gasteiger partial charge on any atom is -0.493 e. The van der Waals surface area contributed by atoms with Crippen LogP contribution in [0.25, 0.3) is 0 Å². The first-order valence-corrected chi connectivity index (χ1v) is 16.8. The summed E-state index contributed by atoms with van der Waals surface area (Å²) in [7, 11) is 1.63. The minimum absolute atomic E-state index is 0.0230. The van der Waals surface area contributed by atoms with Gasteiger partial charge in [0.2, 0.25) is 11.8 Å². The number of carbonyl (C=O) groups excluding carboxylic acids is 2. The summed E-state index contributed by atoms with van der Waals surface area (Å²) in [5.74, 6) is 0.358. The maximum Gasteiger partial charge on any atom is 0.305 e. The molecule has 10 heteroatoms. The van der Waals surface area contributed by atoms with E-state index in [1.807, 2.05) is 24.3 Å². The SMILES string of the molecule is COc1cc([C@@H]2c3sc(=O)[nH]c3S[C@@H]3[C@@H]4C[C@@H]([C@@H]5C(=O)N(c6ccc(Cl)cc6)C(=O)[C@@H]45)[C@@H]23)ccc1OCc1cccc(C)c1. The number of H-pyrrole nitrogens is 1. The van der Waals surface area contributed by atoms with E-state index >= 15 is 0 Å². The number of halogens is 1. The molecule has 7 atom stereocenters. The molecule has 0 unspecified atom stereocenters. The van der Waals surface area contributed by atoms with Gasteiger partial charge in [-0.3, -0.25) is 19.3 Å². The second-order valence-corrected chi connectivity index (χ2v) is 14.8. The molecule has 44 heavy (non-hydrogen) atoms. The molecule has 2 bridgehead atoms. The van der Waals surface area contributed by atoms with Crippen molar-refractivity contribution in [1.29, 1.82) is 0 Å². The number of nitrogens with one attached hydrogen (secondary N) is 1. The van der Waals surface area contributed by atoms with Crippen LogP contribution in [-0.2, 0) is 16.2 Å². The average molecular weight is 645 g/mol. The van der Waals surface area contributed by atoms with E-state index in [-0.39, 0.29) is 57.4 Å². The number of anilines is 1. The van der Waals surface area contributed by atoms with Gasteiger partial charge in [-0.25, -0.2) is 0 Å². The highest BCUT2D eigenvalue weighted by Gasteiger charge is 2.69. The fraction of sp³-hybridized carbons (Fsp3) is 0.324. The largest absolute Gasteiger partial charge is 0.493 e. The highest BCUT2D eigenvalue weighted by molar-refractivity contribution is 8.00. The lowest BCUT2D eigenvalue weighted by Crippen LogP contribution is -2.42. The van der Waals surface area contributed by atoms with Crippen molar-refractivity contribution < 1.29 is 19.1 Å². The van der Waals surface area contributed by atoms with Crippen LogP contribution in [0.4, 0.5) is 5.69 Å². The smallest absolute Gasteiger partial charge is 0.305 e. The Labute approximate surface area is 267 Å². The summed E-state index contributed by atoms with van der Waals surface area (Å²) in [6, 6.07) is 21.1. The average Bonchev–Trinajstić information content (AvgIpc) is 3.75. The number of aromatic nitrogens is 1. The molecule has 2 aliphatic carbocycles. The second-order valence-electron chi connectivity index (χ2n) is 12.1. The van der Waals surface area contributed by atoms with Crippen molar-refractivity contribution in [3.8, 4) is 11.5 Å². The monoisotopic (exact) mass is 644 g/mol. The molecule has 3 aromatic carbocycles. The molecule has 4 aliphatic rings. The van der Waals surface area contributed by atoms with Gasteiger partial charge in [-0.05, 0) is 78.6 Å². The van der Waals surface area contributed by atoms with E-state index in [1.165, 1.54) is 21.8 Å². The third-order valence-electron chi connectivity index (χ3n) is 9.83. The van der Waals surface area contributed by atoms with Crippen molar-refractivity contribution in [2.45, 2.75) is 36.1 Å². The van der Waals surface area contributed by atoms with Crippen LogP contribution < -0.4 is 19.2 Å². The lowest BCUT2D eigenvalue weighted by Gasteiger charge is -2.43. The molecule has 3 heterocycles. The molecule has 3 fully saturated rings. The Morgan fingerprint density at radius 1 is 0.955 bits per heavy atom. The molecule has 0 radical (unpaired) electrons. The normalized spacial score (nSPS) is 28.2. The summed E-state index contributed by atoms with van der Waals surface area (Å²) < 4.78 is 12.0. The number of carbonyl (C=O) groups is 2. The number of aromatic amines is 1. The van der Waals surface area contributed by atoms with Crippen LogP contribution in [0.5, 0.6) is 11.5 Å². The van der Waals surface area contributed by atoms with Gasteiger partial charge in [0.15, 0.2) is 11.5 Å². The van der Waals surface area contributed by atoms with E-state index in [0.29, 0.717) is 28.8 Å². The van der Waals surface area contributed by atoms with E-state index in [1.54, 1.807) is 43.1 Å². The van der Waals surface area contributed by atoms with Crippen molar-refractivity contribution in [2.75, 3.05) is 12.0 Å². The molecule has 8 rings (SSSR count). The molecule has 7 nitrogen and oxygen atoms in total. The molecule has 0 spiro atoms. The number of rotatable bonds is 6. The standard InChI is InChI=1S/C34H29ClN2O5S2/c1-16-4-3-5-17(12-16)15-42-23-11-6-18(13-24(23)41-2)25-26-21-14-22(29(26)43-31-30(25)44-34(40)36-31)28-27(21)32(38)37(33(28)39)20-9-7-19(35)8-10-20/h3-13,21-22,25-29H,14-15H2,1-2H3,(H,36,40)/t21-,22-,25+,26+,27+,28+,29-/m1/s1. The van der Waals surface area contributed by atoms with Gasteiger partial charge < -0.3 is 14.5 Å². The lowest BCUT2D eigenvalue weighted by atomic mass is 9.68. The van der Waals surface area contributed by atoms with Gasteiger partial charge in [-0.2, -0.15) is 0 Å². The van der Waals surface area contributed by atoms with Gasteiger partial charge in [0, 0.05) is 21.1 Å². The Morgan fingerprint density at radius 2 is 1.73 bits per heavy atom. The van der Waals surface area contributed by atoms with Crippen LogP contribution in [-0.4, -0.2) is 29.2 Å². The van der Waals surface area contributed by atoms with Crippen LogP contribution in [0.1, 0.15) is 33.9 Å². The Bertz CT molecular complexity index is 1870. The minimum atomic E-state index is -0.372. The van der Waals surface area contributed by atoms with E-state index in [0.717, 1.165) is 27.5 Å². The fourth-order valence-electron chi connectivity index (χ4n) is 8.19. The first-order chi connectivity index (χ1) is 21.3. The number of thiazole rings is 1. The highest BCUT2D eigenvalue weighted by Crippen LogP contribution is 2.68. The zero-order valence-corrected chi connectivity index (χ0v) is 26.4. The number of amides is 2. The summed E-state index contributed by atoms with van der Waals surface area (Å²) in [5.41, 5.74) is 3.84. The van der Waals surface area contributed by atoms with Crippen molar-refractivity contribution in [1.82, 2.24) is 4.98 Å². The number of imide groups is 1. The molecular weight excluding hydrogens is 616 g/mol. The molecule has 1 saturated heterocycles. The highest BCUT2D eigenvalue weighted by atomic mass is 35.5. The van der Waals surface area contributed by atoms with Crippen LogP contribution in [0.2, 0.25) is 5.02 Å². The van der Waals surface area contributed by atoms with Gasteiger partial charge in [0.25, 0.3) is 0 Å². The van der Waals surface area contributed by atoms with Gasteiger partial charge in [0.1, 0.15) is 6.61 Å². The third kappa shape index (κ3) is 4.27. The van der Waals surface area contributed by atoms with Gasteiger partial charge in [-0.1, -0.05) is 58.8 Å². The zero-order chi connectivity index (χ0) is 30.3. The molecule has 4 aromatic rings. The van der Waals surface area contributed by atoms with Crippen LogP contribution in [0, 0.1) is 36.5 Å². The predicted octanol–water partition coefficient (Wildman–Crippen LogP) is 6.66.